The maximum Gasteiger partial charge on any atom is 0.328 e. The van der Waals surface area contributed by atoms with Crippen molar-refractivity contribution in [2.75, 3.05) is 6.54 Å². The van der Waals surface area contributed by atoms with E-state index in [0.29, 0.717) is 18.5 Å². The average molecular weight is 404 g/mol. The molecular formula is C17H20N6O6. The summed E-state index contributed by atoms with van der Waals surface area (Å²) in [5.74, 6) is -2.52. The van der Waals surface area contributed by atoms with E-state index in [-0.39, 0.29) is 18.7 Å². The first kappa shape index (κ1) is 20.0. The Balaban J connectivity index is 1.86. The Labute approximate surface area is 163 Å². The van der Waals surface area contributed by atoms with Gasteiger partial charge in [-0.2, -0.15) is 0 Å². The van der Waals surface area contributed by atoms with Gasteiger partial charge in [-0.1, -0.05) is 0 Å². The molecule has 1 saturated heterocycles. The number of imidazole rings is 1. The largest absolute Gasteiger partial charge is 0.480 e. The van der Waals surface area contributed by atoms with Gasteiger partial charge in [-0.25, -0.2) is 14.6 Å². The van der Waals surface area contributed by atoms with Crippen molar-refractivity contribution in [3.05, 3.63) is 50.8 Å². The van der Waals surface area contributed by atoms with E-state index in [0.717, 1.165) is 10.6 Å². The number of nitrogens with one attached hydrogen (secondary N) is 3. The molecule has 0 spiro atoms. The molecular weight excluding hydrogens is 384 g/mol. The van der Waals surface area contributed by atoms with Crippen LogP contribution in [-0.2, 0) is 23.1 Å². The summed E-state index contributed by atoms with van der Waals surface area (Å²) in [5, 5.41) is 11.8. The van der Waals surface area contributed by atoms with Crippen molar-refractivity contribution in [1.29, 1.82) is 0 Å². The van der Waals surface area contributed by atoms with Crippen molar-refractivity contribution in [3.8, 4) is 0 Å². The second-order valence-corrected chi connectivity index (χ2v) is 6.70. The number of carbonyl (C=O) groups is 3. The average Bonchev–Trinajstić information content (AvgIpc) is 3.36. The van der Waals surface area contributed by atoms with Gasteiger partial charge in [0, 0.05) is 32.3 Å². The smallest absolute Gasteiger partial charge is 0.328 e. The number of aromatic nitrogens is 4. The summed E-state index contributed by atoms with van der Waals surface area (Å²) in [6.45, 7) is 0.255. The maximum absolute atomic E-state index is 13.0. The van der Waals surface area contributed by atoms with E-state index in [4.69, 9.17) is 0 Å². The van der Waals surface area contributed by atoms with Gasteiger partial charge >= 0.3 is 11.7 Å². The Morgan fingerprint density at radius 3 is 2.76 bits per heavy atom. The van der Waals surface area contributed by atoms with Crippen LogP contribution in [0, 0.1) is 0 Å². The van der Waals surface area contributed by atoms with E-state index >= 15 is 0 Å². The summed E-state index contributed by atoms with van der Waals surface area (Å²) in [5.41, 5.74) is -1.27. The minimum Gasteiger partial charge on any atom is -0.480 e. The van der Waals surface area contributed by atoms with E-state index in [9.17, 15) is 29.1 Å². The molecule has 29 heavy (non-hydrogen) atoms. The normalized spacial score (nSPS) is 17.1. The molecule has 154 valence electrons. The Kier molecular flexibility index (Phi) is 5.61. The molecule has 3 rings (SSSR count). The molecule has 2 aromatic rings. The first-order valence-electron chi connectivity index (χ1n) is 8.90. The van der Waals surface area contributed by atoms with E-state index in [1.807, 2.05) is 0 Å². The van der Waals surface area contributed by atoms with Crippen molar-refractivity contribution >= 4 is 17.8 Å². The van der Waals surface area contributed by atoms with Crippen LogP contribution in [0.3, 0.4) is 0 Å². The third-order valence-electron chi connectivity index (χ3n) is 4.78. The fourth-order valence-electron chi connectivity index (χ4n) is 3.21. The highest BCUT2D eigenvalue weighted by molar-refractivity contribution is 5.97. The molecule has 2 atom stereocenters. The zero-order chi connectivity index (χ0) is 21.1. The minimum absolute atomic E-state index is 0.00594. The molecule has 0 bridgehead atoms. The van der Waals surface area contributed by atoms with E-state index < -0.39 is 41.1 Å². The molecule has 2 aromatic heterocycles. The lowest BCUT2D eigenvalue weighted by atomic mass is 10.1. The van der Waals surface area contributed by atoms with Crippen LogP contribution < -0.4 is 16.6 Å². The number of rotatable bonds is 6. The maximum atomic E-state index is 13.0. The minimum atomic E-state index is -1.13. The van der Waals surface area contributed by atoms with Gasteiger partial charge in [0.2, 0.25) is 5.91 Å². The molecule has 4 N–H and O–H groups in total. The third kappa shape index (κ3) is 4.25. The highest BCUT2D eigenvalue weighted by Gasteiger charge is 2.38. The number of hydrogen-bond acceptors (Lipinski definition) is 6. The fourth-order valence-corrected chi connectivity index (χ4v) is 3.21. The van der Waals surface area contributed by atoms with Crippen molar-refractivity contribution < 1.29 is 19.5 Å². The van der Waals surface area contributed by atoms with Gasteiger partial charge in [-0.3, -0.25) is 19.0 Å². The summed E-state index contributed by atoms with van der Waals surface area (Å²) in [6, 6.07) is -1.15. The summed E-state index contributed by atoms with van der Waals surface area (Å²) < 4.78 is 0.796. The Bertz CT molecular complexity index is 1010. The van der Waals surface area contributed by atoms with Gasteiger partial charge < -0.3 is 25.3 Å². The van der Waals surface area contributed by atoms with Gasteiger partial charge in [-0.05, 0) is 12.8 Å². The highest BCUT2D eigenvalue weighted by atomic mass is 16.4. The lowest BCUT2D eigenvalue weighted by Gasteiger charge is -2.27. The molecule has 0 aliphatic carbocycles. The summed E-state index contributed by atoms with van der Waals surface area (Å²) in [7, 11) is 1.26. The van der Waals surface area contributed by atoms with Gasteiger partial charge in [0.1, 0.15) is 17.8 Å². The van der Waals surface area contributed by atoms with Crippen LogP contribution in [0.4, 0.5) is 0 Å². The molecule has 1 aliphatic rings. The third-order valence-corrected chi connectivity index (χ3v) is 4.78. The first-order chi connectivity index (χ1) is 13.8. The standard InChI is InChI=1S/C17H20N6O6/c1-22-13(24)6-10(21-17(22)29)14(25)20-11(5-9-7-18-8-19-9)15(26)23-4-2-3-12(23)16(27)28/h6-8,11-12H,2-5H2,1H3,(H,18,19)(H,20,25)(H,21,29)(H,27,28). The number of H-pyrrole nitrogens is 2. The van der Waals surface area contributed by atoms with E-state index in [1.165, 1.54) is 18.3 Å². The predicted molar refractivity (Wildman–Crippen MR) is 98.2 cm³/mol. The quantitative estimate of drug-likeness (QED) is 0.440. The Morgan fingerprint density at radius 2 is 2.14 bits per heavy atom. The lowest BCUT2D eigenvalue weighted by Crippen LogP contribution is -2.53. The van der Waals surface area contributed by atoms with Crippen LogP contribution in [0.2, 0.25) is 0 Å². The number of carboxylic acids is 1. The van der Waals surface area contributed by atoms with Crippen LogP contribution >= 0.6 is 0 Å². The summed E-state index contributed by atoms with van der Waals surface area (Å²) in [6.07, 6.45) is 3.82. The van der Waals surface area contributed by atoms with Crippen LogP contribution in [0.5, 0.6) is 0 Å². The lowest BCUT2D eigenvalue weighted by molar-refractivity contribution is -0.148. The van der Waals surface area contributed by atoms with Gasteiger partial charge in [0.05, 0.1) is 12.0 Å². The number of likely N-dealkylation sites (tertiary alicyclic amines) is 1. The summed E-state index contributed by atoms with van der Waals surface area (Å²) >= 11 is 0. The second-order valence-electron chi connectivity index (χ2n) is 6.70. The SMILES string of the molecule is Cn1c(=O)cc(C(=O)NC(Cc2c[nH]cn2)C(=O)N2CCCC2C(=O)O)[nH]c1=O. The molecule has 12 heteroatoms. The van der Waals surface area contributed by atoms with Crippen molar-refractivity contribution in [2.24, 2.45) is 7.05 Å². The van der Waals surface area contributed by atoms with Crippen LogP contribution in [-0.4, -0.2) is 65.9 Å². The number of hydrogen-bond donors (Lipinski definition) is 4. The number of aromatic amines is 2. The molecule has 1 aliphatic heterocycles. The van der Waals surface area contributed by atoms with Crippen LogP contribution in [0.1, 0.15) is 29.0 Å². The topological polar surface area (TPSA) is 170 Å². The number of amides is 2. The van der Waals surface area contributed by atoms with E-state index in [1.54, 1.807) is 6.20 Å². The fraction of sp³-hybridized carbons (Fsp3) is 0.412. The molecule has 1 fully saturated rings. The predicted octanol–water partition coefficient (Wildman–Crippen LogP) is -1.79. The van der Waals surface area contributed by atoms with E-state index in [2.05, 4.69) is 20.3 Å². The van der Waals surface area contributed by atoms with Crippen molar-refractivity contribution in [2.45, 2.75) is 31.3 Å². The Hall–Kier alpha value is -3.70. The molecule has 2 unspecified atom stereocenters. The molecule has 0 aromatic carbocycles. The van der Waals surface area contributed by atoms with Crippen LogP contribution in [0.25, 0.3) is 0 Å². The molecule has 0 radical (unpaired) electrons. The monoisotopic (exact) mass is 404 g/mol. The molecule has 0 saturated carbocycles. The van der Waals surface area contributed by atoms with Crippen molar-refractivity contribution in [1.82, 2.24) is 29.7 Å². The van der Waals surface area contributed by atoms with Crippen LogP contribution in [0.15, 0.2) is 28.2 Å². The molecule has 3 heterocycles. The van der Waals surface area contributed by atoms with Gasteiger partial charge in [0.15, 0.2) is 0 Å². The Morgan fingerprint density at radius 1 is 1.38 bits per heavy atom. The zero-order valence-electron chi connectivity index (χ0n) is 15.5. The first-order valence-corrected chi connectivity index (χ1v) is 8.90. The summed E-state index contributed by atoms with van der Waals surface area (Å²) in [4.78, 5) is 70.8. The van der Waals surface area contributed by atoms with Gasteiger partial charge in [0.25, 0.3) is 11.5 Å². The number of aliphatic carboxylic acids is 1. The zero-order valence-corrected chi connectivity index (χ0v) is 15.5. The molecule has 12 nitrogen and oxygen atoms in total. The second kappa shape index (κ2) is 8.12. The number of carboxylic acid groups (broad SMARTS) is 1. The number of carbonyl (C=O) groups excluding carboxylic acids is 2. The number of nitrogens with zero attached hydrogens (tertiary/aromatic N) is 3. The highest BCUT2D eigenvalue weighted by Crippen LogP contribution is 2.19. The van der Waals surface area contributed by atoms with Gasteiger partial charge in [-0.15, -0.1) is 0 Å². The van der Waals surface area contributed by atoms with Crippen molar-refractivity contribution in [3.63, 3.8) is 0 Å². The molecule has 2 amide bonds.